The molecule has 7 nitrogen and oxygen atoms in total. The second-order valence-electron chi connectivity index (χ2n) is 8.29. The summed E-state index contributed by atoms with van der Waals surface area (Å²) in [4.78, 5) is 27.8. The highest BCUT2D eigenvalue weighted by Gasteiger charge is 2.47. The van der Waals surface area contributed by atoms with Crippen LogP contribution in [0.15, 0.2) is 72.3 Å². The van der Waals surface area contributed by atoms with Crippen LogP contribution in [0.25, 0.3) is 5.76 Å². The molecular weight excluding hydrogens is 446 g/mol. The average Bonchev–Trinajstić information content (AvgIpc) is 3.13. The number of benzene rings is 3. The third-order valence-corrected chi connectivity index (χ3v) is 5.89. The first kappa shape index (κ1) is 23.9. The number of phenolic OH excluding ortho intramolecular Hbond substituents is 1. The maximum absolute atomic E-state index is 13.3. The molecule has 1 atom stereocenters. The lowest BCUT2D eigenvalue weighted by atomic mass is 9.94. The molecule has 35 heavy (non-hydrogen) atoms. The lowest BCUT2D eigenvalue weighted by Gasteiger charge is -2.25. The van der Waals surface area contributed by atoms with E-state index in [-0.39, 0.29) is 17.1 Å². The van der Waals surface area contributed by atoms with E-state index in [2.05, 4.69) is 0 Å². The number of rotatable bonds is 7. The highest BCUT2D eigenvalue weighted by molar-refractivity contribution is 6.51. The van der Waals surface area contributed by atoms with Crippen LogP contribution in [0.1, 0.15) is 36.1 Å². The second-order valence-corrected chi connectivity index (χ2v) is 8.29. The van der Waals surface area contributed by atoms with Crippen LogP contribution in [0.4, 0.5) is 5.69 Å². The number of aliphatic hydroxyl groups is 1. The van der Waals surface area contributed by atoms with E-state index in [0.717, 1.165) is 12.0 Å². The maximum atomic E-state index is 13.3. The Hall–Kier alpha value is -4.26. The lowest BCUT2D eigenvalue weighted by molar-refractivity contribution is -0.132. The smallest absolute Gasteiger partial charge is 0.300 e. The molecule has 1 unspecified atom stereocenters. The largest absolute Gasteiger partial charge is 0.508 e. The molecule has 0 aromatic heterocycles. The van der Waals surface area contributed by atoms with Gasteiger partial charge in [-0.1, -0.05) is 19.1 Å². The quantitative estimate of drug-likeness (QED) is 0.281. The summed E-state index contributed by atoms with van der Waals surface area (Å²) < 4.78 is 10.9. The number of aromatic hydroxyl groups is 1. The van der Waals surface area contributed by atoms with Crippen molar-refractivity contribution >= 4 is 23.1 Å². The van der Waals surface area contributed by atoms with Crippen LogP contribution in [-0.2, 0) is 9.59 Å². The number of ether oxygens (including phenoxy) is 2. The highest BCUT2D eigenvalue weighted by Crippen LogP contribution is 2.43. The number of hydrogen-bond donors (Lipinski definition) is 2. The van der Waals surface area contributed by atoms with Gasteiger partial charge in [-0.2, -0.15) is 0 Å². The predicted molar refractivity (Wildman–Crippen MR) is 133 cm³/mol. The van der Waals surface area contributed by atoms with Gasteiger partial charge in [-0.3, -0.25) is 14.5 Å². The number of methoxy groups -OCH3 is 1. The van der Waals surface area contributed by atoms with Crippen LogP contribution in [0.3, 0.4) is 0 Å². The highest BCUT2D eigenvalue weighted by atomic mass is 16.5. The van der Waals surface area contributed by atoms with Gasteiger partial charge >= 0.3 is 0 Å². The zero-order chi connectivity index (χ0) is 25.1. The fourth-order valence-electron chi connectivity index (χ4n) is 4.18. The number of aryl methyl sites for hydroxylation is 1. The number of amides is 1. The minimum Gasteiger partial charge on any atom is -0.508 e. The van der Waals surface area contributed by atoms with Gasteiger partial charge < -0.3 is 19.7 Å². The topological polar surface area (TPSA) is 96.3 Å². The van der Waals surface area contributed by atoms with Crippen molar-refractivity contribution in [3.63, 3.8) is 0 Å². The Morgan fingerprint density at radius 2 is 1.77 bits per heavy atom. The van der Waals surface area contributed by atoms with Crippen molar-refractivity contribution in [2.45, 2.75) is 26.3 Å². The summed E-state index contributed by atoms with van der Waals surface area (Å²) in [5, 5.41) is 21.4. The summed E-state index contributed by atoms with van der Waals surface area (Å²) in [7, 11) is 1.54. The van der Waals surface area contributed by atoms with Crippen LogP contribution in [0.2, 0.25) is 0 Å². The van der Waals surface area contributed by atoms with Gasteiger partial charge in [-0.15, -0.1) is 0 Å². The number of anilines is 1. The number of nitrogens with zero attached hydrogens (tertiary/aromatic N) is 1. The minimum absolute atomic E-state index is 0.0175. The third kappa shape index (κ3) is 4.57. The van der Waals surface area contributed by atoms with Gasteiger partial charge in [-0.25, -0.2) is 0 Å². The van der Waals surface area contributed by atoms with Crippen molar-refractivity contribution in [3.8, 4) is 17.2 Å². The van der Waals surface area contributed by atoms with Crippen molar-refractivity contribution in [1.29, 1.82) is 0 Å². The van der Waals surface area contributed by atoms with E-state index in [4.69, 9.17) is 9.47 Å². The number of aliphatic hydroxyl groups excluding tert-OH is 1. The zero-order valence-electron chi connectivity index (χ0n) is 19.8. The number of Topliss-reactive ketones (excluding diaryl/α,β-unsaturated/α-hetero) is 1. The minimum atomic E-state index is -0.938. The molecule has 2 N–H and O–H groups in total. The van der Waals surface area contributed by atoms with Crippen molar-refractivity contribution in [2.75, 3.05) is 18.6 Å². The molecule has 180 valence electrons. The predicted octanol–water partition coefficient (Wildman–Crippen LogP) is 5.12. The fraction of sp³-hybridized carbons (Fsp3) is 0.214. The van der Waals surface area contributed by atoms with Crippen molar-refractivity contribution < 1.29 is 29.3 Å². The molecule has 1 amide bonds. The number of carbonyl (C=O) groups excluding carboxylic acids is 2. The van der Waals surface area contributed by atoms with Crippen molar-refractivity contribution in [3.05, 3.63) is 89.0 Å². The fourth-order valence-corrected chi connectivity index (χ4v) is 4.18. The molecule has 7 heteroatoms. The molecule has 0 bridgehead atoms. The molecule has 1 aliphatic rings. The summed E-state index contributed by atoms with van der Waals surface area (Å²) >= 11 is 0. The molecule has 0 spiro atoms. The lowest BCUT2D eigenvalue weighted by Crippen LogP contribution is -2.29. The zero-order valence-corrected chi connectivity index (χ0v) is 19.8. The van der Waals surface area contributed by atoms with Crippen molar-refractivity contribution in [2.24, 2.45) is 0 Å². The summed E-state index contributed by atoms with van der Waals surface area (Å²) in [5.41, 5.74) is 2.07. The van der Waals surface area contributed by atoms with Gasteiger partial charge in [0, 0.05) is 11.3 Å². The first-order valence-corrected chi connectivity index (χ1v) is 11.3. The Kier molecular flexibility index (Phi) is 6.78. The Labute approximate surface area is 203 Å². The Morgan fingerprint density at radius 3 is 2.40 bits per heavy atom. The number of hydrogen-bond acceptors (Lipinski definition) is 6. The van der Waals surface area contributed by atoms with E-state index >= 15 is 0 Å². The van der Waals surface area contributed by atoms with E-state index in [1.807, 2.05) is 13.8 Å². The van der Waals surface area contributed by atoms with E-state index in [1.54, 1.807) is 54.6 Å². The molecule has 0 saturated carbocycles. The molecule has 4 rings (SSSR count). The van der Waals surface area contributed by atoms with Gasteiger partial charge in [0.1, 0.15) is 23.0 Å². The standard InChI is InChI=1S/C28H27NO6/c1-4-14-35-23-13-8-19(15-17(23)2)26(31)24-25(18-6-5-7-21(30)16-18)29(28(33)27(24)32)20-9-11-22(34-3)12-10-20/h5-13,15-16,25,30-31H,4,14H2,1-3H3/b26-24-. The first-order chi connectivity index (χ1) is 16.8. The monoisotopic (exact) mass is 473 g/mol. The molecule has 0 radical (unpaired) electrons. The molecule has 1 heterocycles. The van der Waals surface area contributed by atoms with Crippen LogP contribution >= 0.6 is 0 Å². The third-order valence-electron chi connectivity index (χ3n) is 5.89. The van der Waals surface area contributed by atoms with Crippen LogP contribution in [0, 0.1) is 6.92 Å². The van der Waals surface area contributed by atoms with Gasteiger partial charge in [0.25, 0.3) is 11.7 Å². The summed E-state index contributed by atoms with van der Waals surface area (Å²) in [6, 6.07) is 17.2. The SMILES string of the molecule is CCCOc1ccc(/C(O)=C2/C(=O)C(=O)N(c3ccc(OC)cc3)C2c2cccc(O)c2)cc1C. The van der Waals surface area contributed by atoms with E-state index in [9.17, 15) is 19.8 Å². The number of ketones is 1. The molecule has 1 saturated heterocycles. The normalized spacial score (nSPS) is 17.0. The second kappa shape index (κ2) is 9.93. The van der Waals surface area contributed by atoms with Gasteiger partial charge in [0.15, 0.2) is 0 Å². The summed E-state index contributed by atoms with van der Waals surface area (Å²) in [5.74, 6) is -0.610. The first-order valence-electron chi connectivity index (χ1n) is 11.3. The van der Waals surface area contributed by atoms with Gasteiger partial charge in [-0.05, 0) is 79.1 Å². The molecule has 3 aromatic rings. The van der Waals surface area contributed by atoms with Gasteiger partial charge in [0.05, 0.1) is 25.3 Å². The van der Waals surface area contributed by atoms with Crippen molar-refractivity contribution in [1.82, 2.24) is 0 Å². The molecule has 3 aromatic carbocycles. The van der Waals surface area contributed by atoms with E-state index < -0.39 is 17.7 Å². The van der Waals surface area contributed by atoms with Gasteiger partial charge in [0.2, 0.25) is 0 Å². The Bertz CT molecular complexity index is 1300. The molecule has 1 aliphatic heterocycles. The Balaban J connectivity index is 1.87. The molecular formula is C28H27NO6. The summed E-state index contributed by atoms with van der Waals surface area (Å²) in [6.07, 6.45) is 0.861. The van der Waals surface area contributed by atoms with Crippen LogP contribution < -0.4 is 14.4 Å². The summed E-state index contributed by atoms with van der Waals surface area (Å²) in [6.45, 7) is 4.43. The average molecular weight is 474 g/mol. The van der Waals surface area contributed by atoms with Crippen LogP contribution in [-0.4, -0.2) is 35.6 Å². The van der Waals surface area contributed by atoms with E-state index in [0.29, 0.717) is 34.9 Å². The molecule has 1 fully saturated rings. The number of carbonyl (C=O) groups is 2. The van der Waals surface area contributed by atoms with E-state index in [1.165, 1.54) is 24.1 Å². The number of phenols is 1. The van der Waals surface area contributed by atoms with Crippen LogP contribution in [0.5, 0.6) is 17.2 Å². The maximum Gasteiger partial charge on any atom is 0.300 e. The molecule has 0 aliphatic carbocycles. The Morgan fingerprint density at radius 1 is 1.03 bits per heavy atom.